The van der Waals surface area contributed by atoms with Gasteiger partial charge in [-0.15, -0.1) is 0 Å². The van der Waals surface area contributed by atoms with E-state index < -0.39 is 10.0 Å². The van der Waals surface area contributed by atoms with E-state index >= 15 is 0 Å². The lowest BCUT2D eigenvalue weighted by Crippen LogP contribution is -2.31. The summed E-state index contributed by atoms with van der Waals surface area (Å²) in [6, 6.07) is 6.56. The fraction of sp³-hybridized carbons (Fsp3) is 0.375. The van der Waals surface area contributed by atoms with E-state index in [1.165, 1.54) is 37.0 Å². The van der Waals surface area contributed by atoms with Crippen LogP contribution in [0.25, 0.3) is 0 Å². The molecule has 0 aliphatic carbocycles. The SMILES string of the molecule is COc1ccccc1S(=O)(=O)N1CCC(Oc2nccnc2OC)C1. The Morgan fingerprint density at radius 1 is 1.08 bits per heavy atom. The van der Waals surface area contributed by atoms with Crippen molar-refractivity contribution < 1.29 is 22.6 Å². The number of ether oxygens (including phenoxy) is 3. The van der Waals surface area contributed by atoms with Gasteiger partial charge in [-0.1, -0.05) is 12.1 Å². The average Bonchev–Trinajstić information content (AvgIpc) is 3.11. The molecule has 2 heterocycles. The molecule has 8 nitrogen and oxygen atoms in total. The molecule has 1 aliphatic heterocycles. The van der Waals surface area contributed by atoms with Crippen LogP contribution in [0, 0.1) is 0 Å². The van der Waals surface area contributed by atoms with Gasteiger partial charge in [-0.05, 0) is 18.6 Å². The first-order chi connectivity index (χ1) is 12.1. The Hall–Kier alpha value is -2.39. The number of rotatable bonds is 6. The Balaban J connectivity index is 1.76. The van der Waals surface area contributed by atoms with Gasteiger partial charge in [-0.3, -0.25) is 0 Å². The van der Waals surface area contributed by atoms with Crippen LogP contribution in [0.15, 0.2) is 41.6 Å². The van der Waals surface area contributed by atoms with Crippen LogP contribution in [0.1, 0.15) is 6.42 Å². The van der Waals surface area contributed by atoms with Gasteiger partial charge in [-0.2, -0.15) is 4.31 Å². The maximum absolute atomic E-state index is 12.9. The highest BCUT2D eigenvalue weighted by atomic mass is 32.2. The number of hydrogen-bond donors (Lipinski definition) is 0. The molecule has 0 bridgehead atoms. The van der Waals surface area contributed by atoms with Gasteiger partial charge >= 0.3 is 0 Å². The zero-order valence-corrected chi connectivity index (χ0v) is 14.8. The summed E-state index contributed by atoms with van der Waals surface area (Å²) in [5.41, 5.74) is 0. The van der Waals surface area contributed by atoms with Crippen molar-refractivity contribution in [1.82, 2.24) is 14.3 Å². The number of aromatic nitrogens is 2. The van der Waals surface area contributed by atoms with Crippen LogP contribution in [0.3, 0.4) is 0 Å². The summed E-state index contributed by atoms with van der Waals surface area (Å²) in [4.78, 5) is 8.26. The fourth-order valence-electron chi connectivity index (χ4n) is 2.67. The first-order valence-electron chi connectivity index (χ1n) is 7.71. The summed E-state index contributed by atoms with van der Waals surface area (Å²) < 4.78 is 43.2. The molecule has 2 aromatic rings. The molecule has 0 N–H and O–H groups in total. The third-order valence-electron chi connectivity index (χ3n) is 3.90. The fourth-order valence-corrected chi connectivity index (χ4v) is 4.32. The number of para-hydroxylation sites is 1. The van der Waals surface area contributed by atoms with Gasteiger partial charge in [0.2, 0.25) is 10.0 Å². The van der Waals surface area contributed by atoms with Crippen molar-refractivity contribution in [3.63, 3.8) is 0 Å². The summed E-state index contributed by atoms with van der Waals surface area (Å²) in [5.74, 6) is 0.850. The van der Waals surface area contributed by atoms with Crippen LogP contribution in [-0.2, 0) is 10.0 Å². The van der Waals surface area contributed by atoms with Crippen molar-refractivity contribution in [2.75, 3.05) is 27.3 Å². The summed E-state index contributed by atoms with van der Waals surface area (Å²) in [6.07, 6.45) is 3.22. The van der Waals surface area contributed by atoms with Crippen molar-refractivity contribution in [2.45, 2.75) is 17.4 Å². The predicted octanol–water partition coefficient (Wildman–Crippen LogP) is 1.34. The summed E-state index contributed by atoms with van der Waals surface area (Å²) in [6.45, 7) is 0.577. The quantitative estimate of drug-likeness (QED) is 0.763. The second-order valence-corrected chi connectivity index (χ2v) is 7.32. The average molecular weight is 365 g/mol. The van der Waals surface area contributed by atoms with Crippen molar-refractivity contribution in [3.8, 4) is 17.5 Å². The summed E-state index contributed by atoms with van der Waals surface area (Å²) in [7, 11) is -0.736. The highest BCUT2D eigenvalue weighted by Gasteiger charge is 2.35. The normalized spacial score (nSPS) is 18.1. The Morgan fingerprint density at radius 2 is 1.80 bits per heavy atom. The second-order valence-electron chi connectivity index (χ2n) is 5.41. The van der Waals surface area contributed by atoms with Crippen LogP contribution < -0.4 is 14.2 Å². The molecular formula is C16H19N3O5S. The van der Waals surface area contributed by atoms with Crippen LogP contribution in [0.2, 0.25) is 0 Å². The maximum atomic E-state index is 12.9. The first-order valence-corrected chi connectivity index (χ1v) is 9.15. The van der Waals surface area contributed by atoms with E-state index in [1.54, 1.807) is 18.2 Å². The molecule has 0 amide bonds. The highest BCUT2D eigenvalue weighted by molar-refractivity contribution is 7.89. The number of sulfonamides is 1. The molecule has 1 aliphatic rings. The van der Waals surface area contributed by atoms with Gasteiger partial charge in [0, 0.05) is 18.9 Å². The molecule has 9 heteroatoms. The van der Waals surface area contributed by atoms with E-state index in [9.17, 15) is 8.42 Å². The van der Waals surface area contributed by atoms with Gasteiger partial charge in [0.25, 0.3) is 11.8 Å². The Labute approximate surface area is 146 Å². The monoisotopic (exact) mass is 365 g/mol. The molecular weight excluding hydrogens is 346 g/mol. The van der Waals surface area contributed by atoms with Crippen LogP contribution in [0.4, 0.5) is 0 Å². The molecule has 1 atom stereocenters. The Kier molecular flexibility index (Phi) is 5.05. The topological polar surface area (TPSA) is 90.9 Å². The van der Waals surface area contributed by atoms with Crippen molar-refractivity contribution in [1.29, 1.82) is 0 Å². The molecule has 1 aromatic heterocycles. The zero-order valence-electron chi connectivity index (χ0n) is 14.0. The van der Waals surface area contributed by atoms with Crippen LogP contribution in [0.5, 0.6) is 17.5 Å². The van der Waals surface area contributed by atoms with E-state index in [-0.39, 0.29) is 29.3 Å². The standard InChI is InChI=1S/C16H19N3O5S/c1-22-13-5-3-4-6-14(13)25(20,21)19-10-7-12(11-19)24-16-15(23-2)17-8-9-18-16/h3-6,8-9,12H,7,10-11H2,1-2H3. The summed E-state index contributed by atoms with van der Waals surface area (Å²) in [5, 5.41) is 0. The lowest BCUT2D eigenvalue weighted by Gasteiger charge is -2.18. The van der Waals surface area contributed by atoms with Gasteiger partial charge in [-0.25, -0.2) is 18.4 Å². The predicted molar refractivity (Wildman–Crippen MR) is 89.4 cm³/mol. The molecule has 134 valence electrons. The number of nitrogens with zero attached hydrogens (tertiary/aromatic N) is 3. The minimum absolute atomic E-state index is 0.148. The van der Waals surface area contributed by atoms with E-state index in [0.29, 0.717) is 18.7 Å². The Bertz CT molecular complexity index is 843. The number of methoxy groups -OCH3 is 2. The van der Waals surface area contributed by atoms with Gasteiger partial charge < -0.3 is 14.2 Å². The molecule has 1 unspecified atom stereocenters. The van der Waals surface area contributed by atoms with Crippen LogP contribution in [-0.4, -0.2) is 56.1 Å². The number of benzene rings is 1. The minimum atomic E-state index is -3.66. The van der Waals surface area contributed by atoms with E-state index in [1.807, 2.05) is 0 Å². The van der Waals surface area contributed by atoms with Gasteiger partial charge in [0.1, 0.15) is 16.7 Å². The molecule has 0 saturated carbocycles. The summed E-state index contributed by atoms with van der Waals surface area (Å²) >= 11 is 0. The van der Waals surface area contributed by atoms with E-state index in [2.05, 4.69) is 9.97 Å². The van der Waals surface area contributed by atoms with E-state index in [4.69, 9.17) is 14.2 Å². The maximum Gasteiger partial charge on any atom is 0.278 e. The Morgan fingerprint density at radius 3 is 2.52 bits per heavy atom. The molecule has 1 fully saturated rings. The van der Waals surface area contributed by atoms with Gasteiger partial charge in [0.15, 0.2) is 0 Å². The molecule has 0 radical (unpaired) electrons. The second kappa shape index (κ2) is 7.24. The smallest absolute Gasteiger partial charge is 0.278 e. The minimum Gasteiger partial charge on any atom is -0.495 e. The third-order valence-corrected chi connectivity index (χ3v) is 5.80. The third kappa shape index (κ3) is 3.52. The molecule has 25 heavy (non-hydrogen) atoms. The van der Waals surface area contributed by atoms with Crippen LogP contribution >= 0.6 is 0 Å². The number of hydrogen-bond acceptors (Lipinski definition) is 7. The molecule has 1 aromatic carbocycles. The van der Waals surface area contributed by atoms with Crippen molar-refractivity contribution in [2.24, 2.45) is 0 Å². The highest BCUT2D eigenvalue weighted by Crippen LogP contribution is 2.30. The lowest BCUT2D eigenvalue weighted by molar-refractivity contribution is 0.194. The first kappa shape index (κ1) is 17.4. The lowest BCUT2D eigenvalue weighted by atomic mass is 10.3. The molecule has 1 saturated heterocycles. The van der Waals surface area contributed by atoms with Crippen molar-refractivity contribution >= 4 is 10.0 Å². The zero-order chi connectivity index (χ0) is 17.9. The van der Waals surface area contributed by atoms with Gasteiger partial charge in [0.05, 0.1) is 20.8 Å². The largest absolute Gasteiger partial charge is 0.495 e. The molecule has 3 rings (SSSR count). The van der Waals surface area contributed by atoms with E-state index in [0.717, 1.165) is 0 Å². The molecule has 0 spiro atoms. The van der Waals surface area contributed by atoms with Crippen molar-refractivity contribution in [3.05, 3.63) is 36.7 Å².